The Kier molecular flexibility index (Phi) is 3.33. The molecule has 0 spiro atoms. The Morgan fingerprint density at radius 3 is 2.00 bits per heavy atom. The van der Waals surface area contributed by atoms with Gasteiger partial charge in [0.05, 0.1) is 0 Å². The molecular formula is C17H20. The van der Waals surface area contributed by atoms with Crippen LogP contribution >= 0.6 is 0 Å². The molecule has 0 heterocycles. The van der Waals surface area contributed by atoms with Crippen molar-refractivity contribution in [1.29, 1.82) is 0 Å². The first-order valence-corrected chi connectivity index (χ1v) is 6.18. The zero-order valence-corrected chi connectivity index (χ0v) is 11.2. The van der Waals surface area contributed by atoms with E-state index in [9.17, 15) is 0 Å². The fourth-order valence-electron chi connectivity index (χ4n) is 2.24. The molecule has 0 radical (unpaired) electrons. The van der Waals surface area contributed by atoms with Gasteiger partial charge in [0, 0.05) is 0 Å². The summed E-state index contributed by atoms with van der Waals surface area (Å²) >= 11 is 0. The molecule has 0 saturated heterocycles. The van der Waals surface area contributed by atoms with Gasteiger partial charge in [-0.2, -0.15) is 0 Å². The standard InChI is InChI=1S/C17H20/c1-12-6-8-16(15(4)9-12)11-17-10-13(2)5-7-14(17)3/h5-10H,11H2,1-4H3. The number of benzene rings is 2. The predicted molar refractivity (Wildman–Crippen MR) is 74.6 cm³/mol. The smallest absolute Gasteiger partial charge is 0.00204 e. The highest BCUT2D eigenvalue weighted by molar-refractivity contribution is 5.38. The van der Waals surface area contributed by atoms with Gasteiger partial charge in [0.2, 0.25) is 0 Å². The molecule has 88 valence electrons. The Bertz CT molecular complexity index is 536. The van der Waals surface area contributed by atoms with Gasteiger partial charge in [-0.1, -0.05) is 47.5 Å². The third-order valence-electron chi connectivity index (χ3n) is 3.38. The van der Waals surface area contributed by atoms with Crippen molar-refractivity contribution in [2.45, 2.75) is 34.1 Å². The highest BCUT2D eigenvalue weighted by Crippen LogP contribution is 2.19. The lowest BCUT2D eigenvalue weighted by molar-refractivity contribution is 1.11. The molecule has 2 aromatic rings. The fraction of sp³-hybridized carbons (Fsp3) is 0.294. The maximum Gasteiger partial charge on any atom is -0.00204 e. The van der Waals surface area contributed by atoms with Crippen molar-refractivity contribution in [2.75, 3.05) is 0 Å². The molecule has 0 nitrogen and oxygen atoms in total. The highest BCUT2D eigenvalue weighted by Gasteiger charge is 2.03. The van der Waals surface area contributed by atoms with E-state index >= 15 is 0 Å². The minimum Gasteiger partial charge on any atom is -0.0590 e. The second kappa shape index (κ2) is 4.75. The summed E-state index contributed by atoms with van der Waals surface area (Å²) < 4.78 is 0. The molecule has 0 fully saturated rings. The minimum atomic E-state index is 1.04. The van der Waals surface area contributed by atoms with Crippen molar-refractivity contribution < 1.29 is 0 Å². The van der Waals surface area contributed by atoms with Crippen LogP contribution in [0.3, 0.4) is 0 Å². The van der Waals surface area contributed by atoms with Gasteiger partial charge >= 0.3 is 0 Å². The first-order valence-electron chi connectivity index (χ1n) is 6.18. The SMILES string of the molecule is Cc1ccc(Cc2cc(C)ccc2C)c(C)c1. The van der Waals surface area contributed by atoms with Crippen LogP contribution < -0.4 is 0 Å². The Balaban J connectivity index is 2.34. The van der Waals surface area contributed by atoms with Gasteiger partial charge in [-0.05, 0) is 56.4 Å². The fourth-order valence-corrected chi connectivity index (χ4v) is 2.24. The van der Waals surface area contributed by atoms with E-state index in [1.54, 1.807) is 0 Å². The van der Waals surface area contributed by atoms with E-state index in [1.165, 1.54) is 33.4 Å². The van der Waals surface area contributed by atoms with Crippen LogP contribution in [0.2, 0.25) is 0 Å². The molecule has 0 aliphatic rings. The van der Waals surface area contributed by atoms with E-state index in [0.29, 0.717) is 0 Å². The van der Waals surface area contributed by atoms with E-state index in [2.05, 4.69) is 64.1 Å². The Morgan fingerprint density at radius 1 is 0.647 bits per heavy atom. The molecule has 0 amide bonds. The van der Waals surface area contributed by atoms with Crippen molar-refractivity contribution in [1.82, 2.24) is 0 Å². The summed E-state index contributed by atoms with van der Waals surface area (Å²) in [6, 6.07) is 13.4. The van der Waals surface area contributed by atoms with Gasteiger partial charge < -0.3 is 0 Å². The summed E-state index contributed by atoms with van der Waals surface area (Å²) in [7, 11) is 0. The number of aryl methyl sites for hydroxylation is 4. The van der Waals surface area contributed by atoms with Gasteiger partial charge in [-0.15, -0.1) is 0 Å². The average molecular weight is 224 g/mol. The number of rotatable bonds is 2. The van der Waals surface area contributed by atoms with E-state index in [-0.39, 0.29) is 0 Å². The number of hydrogen-bond acceptors (Lipinski definition) is 0. The molecule has 17 heavy (non-hydrogen) atoms. The first-order chi connectivity index (χ1) is 8.06. The molecule has 0 aliphatic carbocycles. The predicted octanol–water partition coefficient (Wildman–Crippen LogP) is 4.51. The Labute approximate surface area is 104 Å². The molecule has 0 unspecified atom stereocenters. The second-order valence-electron chi connectivity index (χ2n) is 5.04. The van der Waals surface area contributed by atoms with Crippen LogP contribution in [0.25, 0.3) is 0 Å². The summed E-state index contributed by atoms with van der Waals surface area (Å²) in [5.74, 6) is 0. The third kappa shape index (κ3) is 2.76. The molecule has 0 heteroatoms. The third-order valence-corrected chi connectivity index (χ3v) is 3.38. The largest absolute Gasteiger partial charge is 0.0590 e. The second-order valence-corrected chi connectivity index (χ2v) is 5.04. The zero-order valence-electron chi connectivity index (χ0n) is 11.2. The Morgan fingerprint density at radius 2 is 1.29 bits per heavy atom. The monoisotopic (exact) mass is 224 g/mol. The van der Waals surface area contributed by atoms with Crippen molar-refractivity contribution in [3.8, 4) is 0 Å². The molecular weight excluding hydrogens is 204 g/mol. The van der Waals surface area contributed by atoms with Gasteiger partial charge in [-0.25, -0.2) is 0 Å². The maximum atomic E-state index is 2.30. The van der Waals surface area contributed by atoms with Crippen molar-refractivity contribution in [3.05, 3.63) is 69.8 Å². The van der Waals surface area contributed by atoms with Gasteiger partial charge in [-0.3, -0.25) is 0 Å². The van der Waals surface area contributed by atoms with E-state index in [4.69, 9.17) is 0 Å². The Hall–Kier alpha value is -1.56. The lowest BCUT2D eigenvalue weighted by Crippen LogP contribution is -1.95. The lowest BCUT2D eigenvalue weighted by atomic mass is 9.95. The minimum absolute atomic E-state index is 1.04. The molecule has 0 bridgehead atoms. The van der Waals surface area contributed by atoms with Gasteiger partial charge in [0.15, 0.2) is 0 Å². The molecule has 0 atom stereocenters. The normalized spacial score (nSPS) is 10.6. The van der Waals surface area contributed by atoms with Crippen LogP contribution in [0, 0.1) is 27.7 Å². The van der Waals surface area contributed by atoms with Crippen molar-refractivity contribution in [2.24, 2.45) is 0 Å². The summed E-state index contributed by atoms with van der Waals surface area (Å²) in [5, 5.41) is 0. The van der Waals surface area contributed by atoms with Crippen LogP contribution in [-0.2, 0) is 6.42 Å². The average Bonchev–Trinajstić information content (AvgIpc) is 2.27. The highest BCUT2D eigenvalue weighted by atomic mass is 14.1. The van der Waals surface area contributed by atoms with Crippen LogP contribution in [0.4, 0.5) is 0 Å². The molecule has 0 N–H and O–H groups in total. The van der Waals surface area contributed by atoms with Crippen LogP contribution in [0.1, 0.15) is 33.4 Å². The topological polar surface area (TPSA) is 0 Å². The van der Waals surface area contributed by atoms with Gasteiger partial charge in [0.25, 0.3) is 0 Å². The zero-order chi connectivity index (χ0) is 12.4. The van der Waals surface area contributed by atoms with E-state index in [0.717, 1.165) is 6.42 Å². The molecule has 0 aliphatic heterocycles. The quantitative estimate of drug-likeness (QED) is 0.704. The molecule has 0 aromatic heterocycles. The summed E-state index contributed by atoms with van der Waals surface area (Å²) in [4.78, 5) is 0. The summed E-state index contributed by atoms with van der Waals surface area (Å²) in [6.07, 6.45) is 1.04. The lowest BCUT2D eigenvalue weighted by Gasteiger charge is -2.10. The van der Waals surface area contributed by atoms with E-state index in [1.807, 2.05) is 0 Å². The van der Waals surface area contributed by atoms with Crippen molar-refractivity contribution >= 4 is 0 Å². The van der Waals surface area contributed by atoms with Gasteiger partial charge in [0.1, 0.15) is 0 Å². The first kappa shape index (κ1) is 11.9. The summed E-state index contributed by atoms with van der Waals surface area (Å²) in [6.45, 7) is 8.70. The molecule has 0 saturated carbocycles. The van der Waals surface area contributed by atoms with Crippen molar-refractivity contribution in [3.63, 3.8) is 0 Å². The molecule has 2 aromatic carbocycles. The van der Waals surface area contributed by atoms with Crippen LogP contribution in [0.5, 0.6) is 0 Å². The number of hydrogen-bond donors (Lipinski definition) is 0. The van der Waals surface area contributed by atoms with E-state index < -0.39 is 0 Å². The van der Waals surface area contributed by atoms with Crippen LogP contribution in [-0.4, -0.2) is 0 Å². The van der Waals surface area contributed by atoms with Crippen LogP contribution in [0.15, 0.2) is 36.4 Å². The molecule has 2 rings (SSSR count). The summed E-state index contributed by atoms with van der Waals surface area (Å²) in [5.41, 5.74) is 8.34. The maximum absolute atomic E-state index is 2.30.